The number of aliphatic hydroxyl groups excluding tert-OH is 1. The molecule has 0 saturated carbocycles. The first-order chi connectivity index (χ1) is 6.88. The number of methoxy groups -OCH3 is 1. The summed E-state index contributed by atoms with van der Waals surface area (Å²) in [6, 6.07) is -1.43. The molecule has 0 rings (SSSR count). The fourth-order valence-corrected chi connectivity index (χ4v) is 0.816. The van der Waals surface area contributed by atoms with Gasteiger partial charge in [0.15, 0.2) is 6.04 Å². The van der Waals surface area contributed by atoms with Crippen LogP contribution in [0.4, 0.5) is 0 Å². The number of hydrogen-bond acceptors (Lipinski definition) is 5. The van der Waals surface area contributed by atoms with Gasteiger partial charge in [0.2, 0.25) is 5.91 Å². The van der Waals surface area contributed by atoms with Crippen molar-refractivity contribution in [1.29, 1.82) is 0 Å². The number of carboxylic acid groups (broad SMARTS) is 1. The zero-order chi connectivity index (χ0) is 12.0. The van der Waals surface area contributed by atoms with E-state index in [9.17, 15) is 14.4 Å². The number of rotatable bonds is 5. The number of ether oxygens (including phenoxy) is 1. The molecule has 0 aliphatic carbocycles. The van der Waals surface area contributed by atoms with Gasteiger partial charge in [-0.3, -0.25) is 9.59 Å². The maximum Gasteiger partial charge on any atom is 0.328 e. The van der Waals surface area contributed by atoms with E-state index >= 15 is 0 Å². The number of nitrogens with one attached hydrogen (secondary N) is 1. The summed E-state index contributed by atoms with van der Waals surface area (Å²) in [5, 5.41) is 19.6. The van der Waals surface area contributed by atoms with E-state index in [1.807, 2.05) is 5.32 Å². The molecule has 0 aliphatic rings. The van der Waals surface area contributed by atoms with Gasteiger partial charge in [-0.2, -0.15) is 0 Å². The lowest BCUT2D eigenvalue weighted by molar-refractivity contribution is -0.148. The highest BCUT2D eigenvalue weighted by atomic mass is 16.5. The molecule has 1 amide bonds. The first-order valence-electron chi connectivity index (χ1n) is 4.15. The minimum absolute atomic E-state index is 0.576. The minimum Gasteiger partial charge on any atom is -0.480 e. The minimum atomic E-state index is -1.43. The average Bonchev–Trinajstić information content (AvgIpc) is 2.12. The molecule has 0 saturated heterocycles. The molecular formula is C8H13NO6. The first kappa shape index (κ1) is 13.4. The molecule has 0 aliphatic heterocycles. The zero-order valence-electron chi connectivity index (χ0n) is 8.39. The lowest BCUT2D eigenvalue weighted by Gasteiger charge is -2.16. The number of carbonyl (C=O) groups excluding carboxylic acids is 2. The lowest BCUT2D eigenvalue weighted by atomic mass is 10.2. The molecule has 0 radical (unpaired) electrons. The van der Waals surface area contributed by atoms with Crippen LogP contribution in [0.25, 0.3) is 0 Å². The zero-order valence-corrected chi connectivity index (χ0v) is 8.39. The van der Waals surface area contributed by atoms with Crippen LogP contribution in [-0.2, 0) is 19.1 Å². The number of aliphatic hydroxyl groups is 1. The van der Waals surface area contributed by atoms with E-state index in [1.54, 1.807) is 0 Å². The number of hydrogen-bond donors (Lipinski definition) is 3. The van der Waals surface area contributed by atoms with Crippen LogP contribution >= 0.6 is 0 Å². The van der Waals surface area contributed by atoms with Gasteiger partial charge in [0.1, 0.15) is 6.42 Å². The predicted octanol–water partition coefficient (Wildman–Crippen LogP) is -1.50. The molecule has 7 heteroatoms. The normalized spacial score (nSPS) is 13.8. The molecule has 86 valence electrons. The molecule has 0 unspecified atom stereocenters. The monoisotopic (exact) mass is 219 g/mol. The highest BCUT2D eigenvalue weighted by molar-refractivity contribution is 5.95. The van der Waals surface area contributed by atoms with E-state index in [0.29, 0.717) is 0 Å². The molecule has 0 aromatic carbocycles. The van der Waals surface area contributed by atoms with E-state index < -0.39 is 36.4 Å². The molecular weight excluding hydrogens is 206 g/mol. The standard InChI is InChI=1S/C8H13NO6/c1-4(10)7(8(13)14)9-5(11)3-6(12)15-2/h4,7,10H,3H2,1-2H3,(H,9,11)(H,13,14)/t4-,7+/m1/s1. The van der Waals surface area contributed by atoms with E-state index in [2.05, 4.69) is 4.74 Å². The Labute approximate surface area is 86.0 Å². The number of carboxylic acids is 1. The van der Waals surface area contributed by atoms with Crippen LogP contribution in [0.5, 0.6) is 0 Å². The van der Waals surface area contributed by atoms with Gasteiger partial charge >= 0.3 is 11.9 Å². The lowest BCUT2D eigenvalue weighted by Crippen LogP contribution is -2.48. The average molecular weight is 219 g/mol. The molecule has 0 fully saturated rings. The van der Waals surface area contributed by atoms with E-state index in [0.717, 1.165) is 7.11 Å². The van der Waals surface area contributed by atoms with Crippen molar-refractivity contribution in [3.8, 4) is 0 Å². The van der Waals surface area contributed by atoms with E-state index in [-0.39, 0.29) is 0 Å². The Hall–Kier alpha value is -1.63. The number of esters is 1. The van der Waals surface area contributed by atoms with Gasteiger partial charge in [-0.05, 0) is 6.92 Å². The molecule has 0 spiro atoms. The van der Waals surface area contributed by atoms with Gasteiger partial charge in [0, 0.05) is 0 Å². The summed E-state index contributed by atoms with van der Waals surface area (Å²) < 4.78 is 4.21. The summed E-state index contributed by atoms with van der Waals surface area (Å²) in [6.07, 6.45) is -1.82. The van der Waals surface area contributed by atoms with E-state index in [1.165, 1.54) is 6.92 Å². The number of aliphatic carboxylic acids is 1. The molecule has 0 heterocycles. The summed E-state index contributed by atoms with van der Waals surface area (Å²) in [5.41, 5.74) is 0. The first-order valence-corrected chi connectivity index (χ1v) is 4.15. The summed E-state index contributed by atoms with van der Waals surface area (Å²) in [7, 11) is 1.11. The van der Waals surface area contributed by atoms with Crippen molar-refractivity contribution >= 4 is 17.8 Å². The summed E-state index contributed by atoms with van der Waals surface area (Å²) in [5.74, 6) is -2.96. The van der Waals surface area contributed by atoms with Gasteiger partial charge in [0.25, 0.3) is 0 Å². The second-order valence-electron chi connectivity index (χ2n) is 2.88. The predicted molar refractivity (Wildman–Crippen MR) is 47.9 cm³/mol. The van der Waals surface area contributed by atoms with Crippen LogP contribution in [0.3, 0.4) is 0 Å². The van der Waals surface area contributed by atoms with Crippen LogP contribution in [-0.4, -0.2) is 47.3 Å². The molecule has 3 N–H and O–H groups in total. The van der Waals surface area contributed by atoms with Gasteiger partial charge in [-0.1, -0.05) is 0 Å². The number of carbonyl (C=O) groups is 3. The van der Waals surface area contributed by atoms with Crippen molar-refractivity contribution in [1.82, 2.24) is 5.32 Å². The van der Waals surface area contributed by atoms with Gasteiger partial charge in [-0.25, -0.2) is 4.79 Å². The third-order valence-corrected chi connectivity index (χ3v) is 1.60. The molecule has 2 atom stereocenters. The van der Waals surface area contributed by atoms with Crippen LogP contribution in [0.2, 0.25) is 0 Å². The van der Waals surface area contributed by atoms with Crippen molar-refractivity contribution < 1.29 is 29.3 Å². The summed E-state index contributed by atoms with van der Waals surface area (Å²) in [6.45, 7) is 1.22. The molecule has 7 nitrogen and oxygen atoms in total. The molecule has 0 bridgehead atoms. The maximum atomic E-state index is 11.0. The topological polar surface area (TPSA) is 113 Å². The fraction of sp³-hybridized carbons (Fsp3) is 0.625. The quantitative estimate of drug-likeness (QED) is 0.383. The SMILES string of the molecule is COC(=O)CC(=O)N[C@H](C(=O)O)[C@@H](C)O. The second-order valence-corrected chi connectivity index (χ2v) is 2.88. The fourth-order valence-electron chi connectivity index (χ4n) is 0.816. The van der Waals surface area contributed by atoms with Gasteiger partial charge < -0.3 is 20.3 Å². The maximum absolute atomic E-state index is 11.0. The number of amides is 1. The van der Waals surface area contributed by atoms with Gasteiger partial charge in [-0.15, -0.1) is 0 Å². The Morgan fingerprint density at radius 2 is 1.93 bits per heavy atom. The van der Waals surface area contributed by atoms with Crippen molar-refractivity contribution in [2.75, 3.05) is 7.11 Å². The summed E-state index contributed by atoms with van der Waals surface area (Å²) in [4.78, 5) is 32.2. The van der Waals surface area contributed by atoms with Crippen molar-refractivity contribution in [2.45, 2.75) is 25.5 Å². The molecule has 0 aromatic rings. The Bertz CT molecular complexity index is 262. The smallest absolute Gasteiger partial charge is 0.328 e. The highest BCUT2D eigenvalue weighted by Crippen LogP contribution is 1.94. The van der Waals surface area contributed by atoms with Crippen molar-refractivity contribution in [2.24, 2.45) is 0 Å². The van der Waals surface area contributed by atoms with Crippen LogP contribution in [0.15, 0.2) is 0 Å². The third-order valence-electron chi connectivity index (χ3n) is 1.60. The van der Waals surface area contributed by atoms with Crippen LogP contribution in [0.1, 0.15) is 13.3 Å². The van der Waals surface area contributed by atoms with Gasteiger partial charge in [0.05, 0.1) is 13.2 Å². The highest BCUT2D eigenvalue weighted by Gasteiger charge is 2.25. The Kier molecular flexibility index (Phi) is 5.32. The second kappa shape index (κ2) is 5.97. The molecule has 0 aromatic heterocycles. The largest absolute Gasteiger partial charge is 0.480 e. The Morgan fingerprint density at radius 3 is 2.27 bits per heavy atom. The van der Waals surface area contributed by atoms with Crippen molar-refractivity contribution in [3.05, 3.63) is 0 Å². The summed E-state index contributed by atoms with van der Waals surface area (Å²) >= 11 is 0. The van der Waals surface area contributed by atoms with Crippen LogP contribution in [0, 0.1) is 0 Å². The van der Waals surface area contributed by atoms with Crippen molar-refractivity contribution in [3.63, 3.8) is 0 Å². The Balaban J connectivity index is 4.24. The Morgan fingerprint density at radius 1 is 1.40 bits per heavy atom. The van der Waals surface area contributed by atoms with Crippen LogP contribution < -0.4 is 5.32 Å². The third kappa shape index (κ3) is 4.96. The van der Waals surface area contributed by atoms with E-state index in [4.69, 9.17) is 10.2 Å². The molecule has 15 heavy (non-hydrogen) atoms.